The first-order chi connectivity index (χ1) is 6.52. The Labute approximate surface area is 85.5 Å². The third-order valence-electron chi connectivity index (χ3n) is 2.39. The van der Waals surface area contributed by atoms with Gasteiger partial charge in [0.15, 0.2) is 0 Å². The number of aryl methyl sites for hydroxylation is 1. The van der Waals surface area contributed by atoms with Crippen molar-refractivity contribution in [2.75, 3.05) is 14.1 Å². The molecule has 0 radical (unpaired) electrons. The zero-order valence-electron chi connectivity index (χ0n) is 9.24. The monoisotopic (exact) mass is 191 g/mol. The molecule has 0 unspecified atom stereocenters. The highest BCUT2D eigenvalue weighted by molar-refractivity contribution is 5.82. The summed E-state index contributed by atoms with van der Waals surface area (Å²) in [6, 6.07) is 8.10. The largest absolute Gasteiger partial charge is 0.348 e. The van der Waals surface area contributed by atoms with Crippen molar-refractivity contribution in [2.45, 2.75) is 19.8 Å². The normalized spacial score (nSPS) is 12.3. The van der Waals surface area contributed by atoms with E-state index in [1.807, 2.05) is 38.1 Å². The fourth-order valence-electron chi connectivity index (χ4n) is 1.39. The van der Waals surface area contributed by atoms with E-state index in [4.69, 9.17) is 0 Å². The van der Waals surface area contributed by atoms with Gasteiger partial charge in [-0.1, -0.05) is 29.8 Å². The molecule has 0 fully saturated rings. The van der Waals surface area contributed by atoms with Crippen molar-refractivity contribution in [3.63, 3.8) is 0 Å². The van der Waals surface area contributed by atoms with Crippen LogP contribution in [0.5, 0.6) is 0 Å². The summed E-state index contributed by atoms with van der Waals surface area (Å²) in [5, 5.41) is 0. The maximum atomic E-state index is 11.7. The number of carbonyl (C=O) groups excluding carboxylic acids is 1. The summed E-state index contributed by atoms with van der Waals surface area (Å²) >= 11 is 0. The molecule has 0 bridgehead atoms. The minimum absolute atomic E-state index is 0.0504. The van der Waals surface area contributed by atoms with E-state index in [0.29, 0.717) is 0 Å². The molecule has 0 spiro atoms. The lowest BCUT2D eigenvalue weighted by atomic mass is 9.99. The number of hydrogen-bond acceptors (Lipinski definition) is 1. The molecule has 0 aliphatic heterocycles. The standard InChI is InChI=1S/C12H17NO/c1-9-5-7-11(8-6-9)10(2)12(14)13(3)4/h5-8,10H,1-4H3/t10-/m1/s1. The predicted molar refractivity (Wildman–Crippen MR) is 58.3 cm³/mol. The first-order valence-electron chi connectivity index (χ1n) is 4.80. The molecule has 0 saturated heterocycles. The van der Waals surface area contributed by atoms with Crippen LogP contribution in [0.4, 0.5) is 0 Å². The third kappa shape index (κ3) is 2.34. The fraction of sp³-hybridized carbons (Fsp3) is 0.417. The van der Waals surface area contributed by atoms with Gasteiger partial charge in [0.25, 0.3) is 0 Å². The van der Waals surface area contributed by atoms with Gasteiger partial charge in [0, 0.05) is 14.1 Å². The second-order valence-corrected chi connectivity index (χ2v) is 3.87. The van der Waals surface area contributed by atoms with E-state index < -0.39 is 0 Å². The highest BCUT2D eigenvalue weighted by Gasteiger charge is 2.16. The number of rotatable bonds is 2. The SMILES string of the molecule is Cc1ccc([C@@H](C)C(=O)N(C)C)cc1. The van der Waals surface area contributed by atoms with Gasteiger partial charge in [-0.05, 0) is 19.4 Å². The third-order valence-corrected chi connectivity index (χ3v) is 2.39. The van der Waals surface area contributed by atoms with Crippen molar-refractivity contribution in [3.05, 3.63) is 35.4 Å². The van der Waals surface area contributed by atoms with Gasteiger partial charge in [-0.25, -0.2) is 0 Å². The van der Waals surface area contributed by atoms with Crippen LogP contribution >= 0.6 is 0 Å². The van der Waals surface area contributed by atoms with Crippen LogP contribution in [0.1, 0.15) is 24.0 Å². The number of nitrogens with zero attached hydrogens (tertiary/aromatic N) is 1. The molecule has 76 valence electrons. The van der Waals surface area contributed by atoms with Crippen LogP contribution in [0.3, 0.4) is 0 Å². The number of amides is 1. The lowest BCUT2D eigenvalue weighted by Gasteiger charge is -2.17. The van der Waals surface area contributed by atoms with E-state index in [1.165, 1.54) is 5.56 Å². The first-order valence-corrected chi connectivity index (χ1v) is 4.80. The molecular weight excluding hydrogens is 174 g/mol. The smallest absolute Gasteiger partial charge is 0.229 e. The van der Waals surface area contributed by atoms with E-state index >= 15 is 0 Å². The van der Waals surface area contributed by atoms with Crippen molar-refractivity contribution in [1.82, 2.24) is 4.90 Å². The van der Waals surface area contributed by atoms with Gasteiger partial charge in [-0.3, -0.25) is 4.79 Å². The molecule has 0 heterocycles. The molecule has 1 amide bonds. The Hall–Kier alpha value is -1.31. The maximum Gasteiger partial charge on any atom is 0.229 e. The van der Waals surface area contributed by atoms with E-state index in [9.17, 15) is 4.79 Å². The summed E-state index contributed by atoms with van der Waals surface area (Å²) in [5.41, 5.74) is 2.30. The Morgan fingerprint density at radius 3 is 2.14 bits per heavy atom. The Bertz CT molecular complexity index is 314. The van der Waals surface area contributed by atoms with Gasteiger partial charge in [-0.15, -0.1) is 0 Å². The van der Waals surface area contributed by atoms with E-state index in [0.717, 1.165) is 5.56 Å². The average molecular weight is 191 g/mol. The Kier molecular flexibility index (Phi) is 3.28. The number of benzene rings is 1. The summed E-state index contributed by atoms with van der Waals surface area (Å²) in [7, 11) is 3.57. The van der Waals surface area contributed by atoms with Crippen LogP contribution in [0.25, 0.3) is 0 Å². The molecule has 2 heteroatoms. The van der Waals surface area contributed by atoms with Gasteiger partial charge >= 0.3 is 0 Å². The van der Waals surface area contributed by atoms with Crippen LogP contribution in [0.15, 0.2) is 24.3 Å². The molecule has 14 heavy (non-hydrogen) atoms. The lowest BCUT2D eigenvalue weighted by Crippen LogP contribution is -2.26. The average Bonchev–Trinajstić information content (AvgIpc) is 2.16. The molecule has 0 N–H and O–H groups in total. The molecule has 1 rings (SSSR count). The predicted octanol–water partition coefficient (Wildman–Crippen LogP) is 2.19. The summed E-state index contributed by atoms with van der Waals surface area (Å²) in [6.45, 7) is 3.98. The zero-order chi connectivity index (χ0) is 10.7. The van der Waals surface area contributed by atoms with Crippen LogP contribution in [0.2, 0.25) is 0 Å². The van der Waals surface area contributed by atoms with Crippen molar-refractivity contribution < 1.29 is 4.79 Å². The van der Waals surface area contributed by atoms with Crippen LogP contribution in [-0.4, -0.2) is 24.9 Å². The Morgan fingerprint density at radius 2 is 1.71 bits per heavy atom. The van der Waals surface area contributed by atoms with Crippen molar-refractivity contribution >= 4 is 5.91 Å². The second kappa shape index (κ2) is 4.27. The van der Waals surface area contributed by atoms with Crippen molar-refractivity contribution in [1.29, 1.82) is 0 Å². The molecule has 1 atom stereocenters. The van der Waals surface area contributed by atoms with Gasteiger partial charge in [0.2, 0.25) is 5.91 Å². The number of hydrogen-bond donors (Lipinski definition) is 0. The van der Waals surface area contributed by atoms with Crippen LogP contribution in [-0.2, 0) is 4.79 Å². The minimum atomic E-state index is -0.0504. The van der Waals surface area contributed by atoms with Gasteiger partial charge in [-0.2, -0.15) is 0 Å². The van der Waals surface area contributed by atoms with Gasteiger partial charge in [0.1, 0.15) is 0 Å². The summed E-state index contributed by atoms with van der Waals surface area (Å²) in [4.78, 5) is 13.3. The highest BCUT2D eigenvalue weighted by atomic mass is 16.2. The Morgan fingerprint density at radius 1 is 1.21 bits per heavy atom. The number of carbonyl (C=O) groups is 1. The van der Waals surface area contributed by atoms with Crippen LogP contribution in [0, 0.1) is 6.92 Å². The molecule has 0 aliphatic rings. The van der Waals surface area contributed by atoms with Gasteiger partial charge < -0.3 is 4.90 Å². The highest BCUT2D eigenvalue weighted by Crippen LogP contribution is 2.17. The van der Waals surface area contributed by atoms with Crippen molar-refractivity contribution in [3.8, 4) is 0 Å². The van der Waals surface area contributed by atoms with E-state index in [2.05, 4.69) is 0 Å². The molecule has 2 nitrogen and oxygen atoms in total. The van der Waals surface area contributed by atoms with E-state index in [1.54, 1.807) is 19.0 Å². The maximum absolute atomic E-state index is 11.7. The summed E-state index contributed by atoms with van der Waals surface area (Å²) < 4.78 is 0. The molecule has 0 saturated carbocycles. The first kappa shape index (κ1) is 10.8. The quantitative estimate of drug-likeness (QED) is 0.701. The van der Waals surface area contributed by atoms with Gasteiger partial charge in [0.05, 0.1) is 5.92 Å². The second-order valence-electron chi connectivity index (χ2n) is 3.87. The molecular formula is C12H17NO. The molecule has 1 aromatic rings. The summed E-state index contributed by atoms with van der Waals surface area (Å²) in [6.07, 6.45) is 0. The molecule has 0 aromatic heterocycles. The topological polar surface area (TPSA) is 20.3 Å². The Balaban J connectivity index is 2.84. The number of likely N-dealkylation sites (N-methyl/N-ethyl adjacent to an activating group) is 1. The lowest BCUT2D eigenvalue weighted by molar-refractivity contribution is -0.129. The van der Waals surface area contributed by atoms with E-state index in [-0.39, 0.29) is 11.8 Å². The molecule has 1 aromatic carbocycles. The molecule has 0 aliphatic carbocycles. The van der Waals surface area contributed by atoms with Crippen LogP contribution < -0.4 is 0 Å². The zero-order valence-corrected chi connectivity index (χ0v) is 9.24. The minimum Gasteiger partial charge on any atom is -0.348 e. The fourth-order valence-corrected chi connectivity index (χ4v) is 1.39. The van der Waals surface area contributed by atoms with Crippen molar-refractivity contribution in [2.24, 2.45) is 0 Å². The summed E-state index contributed by atoms with van der Waals surface area (Å²) in [5.74, 6) is 0.0967.